The van der Waals surface area contributed by atoms with E-state index in [4.69, 9.17) is 14.5 Å². The number of rotatable bonds is 7. The summed E-state index contributed by atoms with van der Waals surface area (Å²) >= 11 is 0. The van der Waals surface area contributed by atoms with Crippen LogP contribution in [0.15, 0.2) is 72.1 Å². The number of sulfonamides is 1. The molecule has 1 fully saturated rings. The summed E-state index contributed by atoms with van der Waals surface area (Å²) in [5.41, 5.74) is 3.88. The summed E-state index contributed by atoms with van der Waals surface area (Å²) in [5.74, 6) is 0.322. The Morgan fingerprint density at radius 2 is 1.89 bits per heavy atom. The van der Waals surface area contributed by atoms with Gasteiger partial charge in [0.15, 0.2) is 5.52 Å². The Morgan fingerprint density at radius 3 is 2.62 bits per heavy atom. The van der Waals surface area contributed by atoms with Crippen molar-refractivity contribution in [1.82, 2.24) is 24.2 Å². The van der Waals surface area contributed by atoms with Crippen LogP contribution in [0.3, 0.4) is 0 Å². The fourth-order valence-corrected chi connectivity index (χ4v) is 5.37. The summed E-state index contributed by atoms with van der Waals surface area (Å²) in [6.07, 6.45) is 5.63. The third-order valence-electron chi connectivity index (χ3n) is 5.88. The number of ether oxygens (including phenoxy) is 2. The highest BCUT2D eigenvalue weighted by Gasteiger charge is 2.31. The Balaban J connectivity index is 0.00000320. The van der Waals surface area contributed by atoms with Gasteiger partial charge in [0.2, 0.25) is 15.9 Å². The minimum Gasteiger partial charge on any atom is -0.473 e. The molecule has 10 nitrogen and oxygen atoms in total. The van der Waals surface area contributed by atoms with Gasteiger partial charge in [-0.2, -0.15) is 17.8 Å². The molecule has 0 aliphatic carbocycles. The molecule has 194 valence electrons. The van der Waals surface area contributed by atoms with E-state index in [2.05, 4.69) is 15.0 Å². The lowest BCUT2D eigenvalue weighted by Gasteiger charge is -2.31. The highest BCUT2D eigenvalue weighted by atomic mass is 32.2. The van der Waals surface area contributed by atoms with E-state index in [1.165, 1.54) is 16.6 Å². The van der Waals surface area contributed by atoms with Crippen LogP contribution in [-0.2, 0) is 14.8 Å². The first-order chi connectivity index (χ1) is 17.4. The van der Waals surface area contributed by atoms with Crippen LogP contribution in [0.5, 0.6) is 5.88 Å². The zero-order valence-electron chi connectivity index (χ0n) is 20.5. The molecule has 5 rings (SSSR count). The number of anilines is 1. The van der Waals surface area contributed by atoms with Crippen molar-refractivity contribution in [3.8, 4) is 17.1 Å². The van der Waals surface area contributed by atoms with Crippen LogP contribution >= 0.6 is 13.5 Å². The highest BCUT2D eigenvalue weighted by Crippen LogP contribution is 2.28. The van der Waals surface area contributed by atoms with Crippen LogP contribution < -0.4 is 9.64 Å². The number of aromatic nitrogens is 4. The van der Waals surface area contributed by atoms with Gasteiger partial charge in [0.25, 0.3) is 0 Å². The van der Waals surface area contributed by atoms with Crippen molar-refractivity contribution in [2.45, 2.75) is 11.0 Å². The van der Waals surface area contributed by atoms with Crippen LogP contribution in [0.4, 0.5) is 5.69 Å². The molecular weight excluding hydrogens is 512 g/mol. The predicted molar refractivity (Wildman–Crippen MR) is 146 cm³/mol. The topological polar surface area (TPSA) is 111 Å². The summed E-state index contributed by atoms with van der Waals surface area (Å²) in [5, 5.41) is 0. The number of pyridine rings is 2. The minimum absolute atomic E-state index is 0. The molecule has 0 saturated carbocycles. The van der Waals surface area contributed by atoms with E-state index in [9.17, 15) is 8.42 Å². The molecule has 0 unspecified atom stereocenters. The van der Waals surface area contributed by atoms with E-state index < -0.39 is 16.1 Å². The number of hydrogen-bond donors (Lipinski definition) is 0. The molecule has 1 aliphatic heterocycles. The smallest absolute Gasteiger partial charge is 0.244 e. The van der Waals surface area contributed by atoms with Crippen LogP contribution in [0.2, 0.25) is 0 Å². The van der Waals surface area contributed by atoms with E-state index in [0.29, 0.717) is 22.6 Å². The Kier molecular flexibility index (Phi) is 8.22. The molecule has 1 saturated heterocycles. The molecule has 3 aromatic heterocycles. The van der Waals surface area contributed by atoms with E-state index in [0.717, 1.165) is 11.3 Å². The third kappa shape index (κ3) is 5.82. The third-order valence-corrected chi connectivity index (χ3v) is 7.73. The van der Waals surface area contributed by atoms with Crippen molar-refractivity contribution in [3.63, 3.8) is 0 Å². The summed E-state index contributed by atoms with van der Waals surface area (Å²) in [6, 6.07) is 13.0. The van der Waals surface area contributed by atoms with Crippen LogP contribution in [0.25, 0.3) is 22.3 Å². The summed E-state index contributed by atoms with van der Waals surface area (Å²) in [6.45, 7) is 0.797. The van der Waals surface area contributed by atoms with Gasteiger partial charge in [-0.15, -0.1) is 0 Å². The largest absolute Gasteiger partial charge is 0.473 e. The van der Waals surface area contributed by atoms with Gasteiger partial charge in [-0.05, 0) is 30.3 Å². The van der Waals surface area contributed by atoms with Crippen LogP contribution in [-0.4, -0.2) is 79.2 Å². The minimum atomic E-state index is -3.67. The van der Waals surface area contributed by atoms with Gasteiger partial charge in [0.05, 0.1) is 17.8 Å². The Bertz CT molecular complexity index is 1450. The SMILES string of the molecule is CN(C)c1ccc(-c2cc3nccnc3c(OC[C@@H]3CN(S(=O)(=O)c4cccnc4)CCO3)n2)cc1.S. The molecule has 1 atom stereocenters. The van der Waals surface area contributed by atoms with Gasteiger partial charge in [0.1, 0.15) is 17.6 Å². The van der Waals surface area contributed by atoms with Crippen molar-refractivity contribution >= 4 is 40.2 Å². The van der Waals surface area contributed by atoms with Crippen molar-refractivity contribution < 1.29 is 17.9 Å². The summed E-state index contributed by atoms with van der Waals surface area (Å²) in [4.78, 5) is 19.7. The normalized spacial score (nSPS) is 16.2. The molecule has 4 heterocycles. The molecule has 0 amide bonds. The standard InChI is InChI=1S/C25H26N6O4S.H2S/c1-30(2)19-7-5-18(6-8-19)22-14-23-24(28-11-10-27-23)25(29-22)35-17-20-16-31(12-13-34-20)36(32,33)21-4-3-9-26-15-21;/h3-11,14-15,20H,12-13,16-17H2,1-2H3;1H2/t20-;/m0./s1. The van der Waals surface area contributed by atoms with E-state index in [1.54, 1.807) is 24.7 Å². The van der Waals surface area contributed by atoms with E-state index in [1.807, 2.05) is 49.3 Å². The summed E-state index contributed by atoms with van der Waals surface area (Å²) in [7, 11) is 0.304. The monoisotopic (exact) mass is 540 g/mol. The second kappa shape index (κ2) is 11.4. The first-order valence-corrected chi connectivity index (χ1v) is 12.9. The lowest BCUT2D eigenvalue weighted by molar-refractivity contribution is -0.0254. The van der Waals surface area contributed by atoms with Crippen LogP contribution in [0.1, 0.15) is 0 Å². The van der Waals surface area contributed by atoms with Crippen molar-refractivity contribution in [3.05, 3.63) is 67.3 Å². The second-order valence-electron chi connectivity index (χ2n) is 8.53. The average Bonchev–Trinajstić information content (AvgIpc) is 2.92. The van der Waals surface area contributed by atoms with E-state index >= 15 is 0 Å². The molecule has 12 heteroatoms. The van der Waals surface area contributed by atoms with Crippen molar-refractivity contribution in [2.75, 3.05) is 45.3 Å². The molecular formula is C25H28N6O4S2. The van der Waals surface area contributed by atoms with Gasteiger partial charge in [0, 0.05) is 63.2 Å². The molecule has 0 bridgehead atoms. The molecule has 0 N–H and O–H groups in total. The maximum atomic E-state index is 13.0. The predicted octanol–water partition coefficient (Wildman–Crippen LogP) is 2.73. The zero-order valence-corrected chi connectivity index (χ0v) is 22.3. The number of morpholine rings is 1. The Morgan fingerprint density at radius 1 is 1.11 bits per heavy atom. The maximum absolute atomic E-state index is 13.0. The molecule has 0 spiro atoms. The fraction of sp³-hybridized carbons (Fsp3) is 0.280. The highest BCUT2D eigenvalue weighted by molar-refractivity contribution is 7.89. The lowest BCUT2D eigenvalue weighted by atomic mass is 10.1. The average molecular weight is 541 g/mol. The lowest BCUT2D eigenvalue weighted by Crippen LogP contribution is -2.47. The van der Waals surface area contributed by atoms with Crippen molar-refractivity contribution in [1.29, 1.82) is 0 Å². The van der Waals surface area contributed by atoms with Crippen LogP contribution in [0, 0.1) is 0 Å². The first kappa shape index (κ1) is 26.7. The quantitative estimate of drug-likeness (QED) is 0.349. The number of nitrogens with zero attached hydrogens (tertiary/aromatic N) is 6. The maximum Gasteiger partial charge on any atom is 0.244 e. The molecule has 4 aromatic rings. The zero-order chi connectivity index (χ0) is 25.1. The van der Waals surface area contributed by atoms with Gasteiger partial charge in [-0.25, -0.2) is 18.4 Å². The summed E-state index contributed by atoms with van der Waals surface area (Å²) < 4.78 is 39.3. The second-order valence-corrected chi connectivity index (χ2v) is 10.5. The number of benzene rings is 1. The number of fused-ring (bicyclic) bond motifs is 1. The van der Waals surface area contributed by atoms with Gasteiger partial charge >= 0.3 is 0 Å². The Hall–Kier alpha value is -3.32. The molecule has 0 radical (unpaired) electrons. The Labute approximate surface area is 222 Å². The van der Waals surface area contributed by atoms with Gasteiger partial charge < -0.3 is 14.4 Å². The van der Waals surface area contributed by atoms with Gasteiger partial charge in [-0.1, -0.05) is 12.1 Å². The molecule has 1 aliphatic rings. The first-order valence-electron chi connectivity index (χ1n) is 11.5. The van der Waals surface area contributed by atoms with Gasteiger partial charge in [-0.3, -0.25) is 9.97 Å². The fourth-order valence-electron chi connectivity index (χ4n) is 3.95. The number of hydrogen-bond acceptors (Lipinski definition) is 9. The van der Waals surface area contributed by atoms with E-state index in [-0.39, 0.29) is 44.7 Å². The molecule has 1 aromatic carbocycles. The van der Waals surface area contributed by atoms with Crippen molar-refractivity contribution in [2.24, 2.45) is 0 Å². The molecule has 37 heavy (non-hydrogen) atoms.